The van der Waals surface area contributed by atoms with E-state index >= 15 is 0 Å². The fourth-order valence-electron chi connectivity index (χ4n) is 3.31. The van der Waals surface area contributed by atoms with E-state index in [1.165, 1.54) is 25.7 Å². The molecule has 1 aromatic carbocycles. The Morgan fingerprint density at radius 2 is 1.90 bits per heavy atom. The van der Waals surface area contributed by atoms with Gasteiger partial charge in [-0.05, 0) is 30.4 Å². The Bertz CT molecular complexity index is 499. The molecule has 0 aromatic heterocycles. The first-order chi connectivity index (χ1) is 10.0. The first-order valence-corrected chi connectivity index (χ1v) is 7.82. The van der Waals surface area contributed by atoms with Gasteiger partial charge in [0.15, 0.2) is 0 Å². The minimum absolute atomic E-state index is 0.121. The summed E-state index contributed by atoms with van der Waals surface area (Å²) in [5, 5.41) is 7.78. The number of hydrogen-bond acceptors (Lipinski definition) is 3. The largest absolute Gasteiger partial charge is 0.497 e. The summed E-state index contributed by atoms with van der Waals surface area (Å²) in [6.07, 6.45) is 4.90. The van der Waals surface area contributed by atoms with Crippen molar-refractivity contribution in [3.8, 4) is 5.75 Å². The maximum atomic E-state index is 7.78. The van der Waals surface area contributed by atoms with Crippen molar-refractivity contribution in [1.29, 1.82) is 5.41 Å². The third kappa shape index (κ3) is 3.14. The Hall–Kier alpha value is -1.71. The van der Waals surface area contributed by atoms with Crippen LogP contribution in [0.15, 0.2) is 18.2 Å². The van der Waals surface area contributed by atoms with E-state index in [-0.39, 0.29) is 5.84 Å². The molecule has 0 saturated carbocycles. The van der Waals surface area contributed by atoms with Crippen molar-refractivity contribution in [1.82, 2.24) is 0 Å². The minimum Gasteiger partial charge on any atom is -0.497 e. The number of nitrogens with two attached hydrogens (primary N) is 1. The number of nitrogen functional groups attached to an aromatic ring is 1. The lowest BCUT2D eigenvalue weighted by molar-refractivity contribution is 0.199. The molecule has 1 saturated heterocycles. The highest BCUT2D eigenvalue weighted by Gasteiger charge is 2.32. The number of nitrogens with one attached hydrogen (secondary N) is 1. The van der Waals surface area contributed by atoms with Crippen molar-refractivity contribution in [2.45, 2.75) is 39.5 Å². The van der Waals surface area contributed by atoms with Crippen molar-refractivity contribution >= 4 is 11.5 Å². The predicted octanol–water partition coefficient (Wildman–Crippen LogP) is 3.39. The second-order valence-corrected chi connectivity index (χ2v) is 5.99. The SMILES string of the molecule is CCC1(CC)CCN(c2cc(OC)ccc2C(=N)N)CC1. The first-order valence-electron chi connectivity index (χ1n) is 7.82. The molecular weight excluding hydrogens is 262 g/mol. The summed E-state index contributed by atoms with van der Waals surface area (Å²) >= 11 is 0. The van der Waals surface area contributed by atoms with Gasteiger partial charge >= 0.3 is 0 Å². The standard InChI is InChI=1S/C17H27N3O/c1-4-17(5-2)8-10-20(11-9-17)15-12-13(21-3)6-7-14(15)16(18)19/h6-7,12H,4-5,8-11H2,1-3H3,(H3,18,19). The van der Waals surface area contributed by atoms with Gasteiger partial charge in [-0.1, -0.05) is 26.7 Å². The number of nitrogens with zero attached hydrogens (tertiary/aromatic N) is 1. The fourth-order valence-corrected chi connectivity index (χ4v) is 3.31. The maximum absolute atomic E-state index is 7.78. The fraction of sp³-hybridized carbons (Fsp3) is 0.588. The van der Waals surface area contributed by atoms with Gasteiger partial charge < -0.3 is 15.4 Å². The summed E-state index contributed by atoms with van der Waals surface area (Å²) in [7, 11) is 1.67. The van der Waals surface area contributed by atoms with E-state index in [9.17, 15) is 0 Å². The topological polar surface area (TPSA) is 62.3 Å². The lowest BCUT2D eigenvalue weighted by Crippen LogP contribution is -2.40. The highest BCUT2D eigenvalue weighted by Crippen LogP contribution is 2.40. The lowest BCUT2D eigenvalue weighted by atomic mass is 9.74. The van der Waals surface area contributed by atoms with Crippen LogP contribution in [0.25, 0.3) is 0 Å². The van der Waals surface area contributed by atoms with Crippen LogP contribution in [0.3, 0.4) is 0 Å². The molecule has 116 valence electrons. The zero-order chi connectivity index (χ0) is 15.5. The molecule has 21 heavy (non-hydrogen) atoms. The van der Waals surface area contributed by atoms with Crippen LogP contribution in [0, 0.1) is 10.8 Å². The van der Waals surface area contributed by atoms with Crippen LogP contribution < -0.4 is 15.4 Å². The third-order valence-corrected chi connectivity index (χ3v) is 5.16. The number of piperidine rings is 1. The minimum atomic E-state index is 0.121. The molecule has 0 atom stereocenters. The van der Waals surface area contributed by atoms with Gasteiger partial charge in [-0.2, -0.15) is 0 Å². The average molecular weight is 289 g/mol. The second-order valence-electron chi connectivity index (χ2n) is 5.99. The quantitative estimate of drug-likeness (QED) is 0.645. The number of hydrogen-bond donors (Lipinski definition) is 2. The van der Waals surface area contributed by atoms with Gasteiger partial charge in [0, 0.05) is 24.7 Å². The Morgan fingerprint density at radius 1 is 1.29 bits per heavy atom. The summed E-state index contributed by atoms with van der Waals surface area (Å²) in [4.78, 5) is 2.35. The van der Waals surface area contributed by atoms with Crippen LogP contribution >= 0.6 is 0 Å². The Labute approximate surface area is 127 Å². The van der Waals surface area contributed by atoms with Crippen molar-refractivity contribution < 1.29 is 4.74 Å². The number of methoxy groups -OCH3 is 1. The molecule has 0 spiro atoms. The Balaban J connectivity index is 2.24. The van der Waals surface area contributed by atoms with Crippen molar-refractivity contribution in [2.24, 2.45) is 11.1 Å². The Kier molecular flexibility index (Phi) is 4.76. The van der Waals surface area contributed by atoms with E-state index in [0.717, 1.165) is 30.1 Å². The summed E-state index contributed by atoms with van der Waals surface area (Å²) in [6.45, 7) is 6.64. The van der Waals surface area contributed by atoms with Gasteiger partial charge in [0.1, 0.15) is 11.6 Å². The number of benzene rings is 1. The zero-order valence-corrected chi connectivity index (χ0v) is 13.4. The van der Waals surface area contributed by atoms with Gasteiger partial charge in [0.05, 0.1) is 12.8 Å². The summed E-state index contributed by atoms with van der Waals surface area (Å²) < 4.78 is 5.33. The molecule has 2 rings (SSSR count). The monoisotopic (exact) mass is 289 g/mol. The molecule has 0 bridgehead atoms. The average Bonchev–Trinajstić information content (AvgIpc) is 2.54. The number of rotatable bonds is 5. The predicted molar refractivity (Wildman–Crippen MR) is 88.5 cm³/mol. The van der Waals surface area contributed by atoms with Gasteiger partial charge in [-0.15, -0.1) is 0 Å². The van der Waals surface area contributed by atoms with Crippen LogP contribution in [-0.4, -0.2) is 26.0 Å². The number of anilines is 1. The van der Waals surface area contributed by atoms with Crippen LogP contribution in [0.2, 0.25) is 0 Å². The molecule has 4 heteroatoms. The normalized spacial score (nSPS) is 17.6. The third-order valence-electron chi connectivity index (χ3n) is 5.16. The molecule has 1 aliphatic rings. The molecule has 1 heterocycles. The Morgan fingerprint density at radius 3 is 2.38 bits per heavy atom. The molecular formula is C17H27N3O. The van der Waals surface area contributed by atoms with Gasteiger partial charge in [0.2, 0.25) is 0 Å². The van der Waals surface area contributed by atoms with E-state index in [0.29, 0.717) is 5.41 Å². The van der Waals surface area contributed by atoms with Gasteiger partial charge in [0.25, 0.3) is 0 Å². The first kappa shape index (κ1) is 15.7. The summed E-state index contributed by atoms with van der Waals surface area (Å²) in [5.41, 5.74) is 8.06. The smallest absolute Gasteiger partial charge is 0.124 e. The van der Waals surface area contributed by atoms with E-state index in [1.54, 1.807) is 7.11 Å². The van der Waals surface area contributed by atoms with Crippen LogP contribution in [0.5, 0.6) is 5.75 Å². The van der Waals surface area contributed by atoms with Crippen molar-refractivity contribution in [3.05, 3.63) is 23.8 Å². The highest BCUT2D eigenvalue weighted by molar-refractivity contribution is 6.00. The molecule has 0 aliphatic carbocycles. The highest BCUT2D eigenvalue weighted by atomic mass is 16.5. The second kappa shape index (κ2) is 6.37. The number of amidine groups is 1. The molecule has 1 aromatic rings. The van der Waals surface area contributed by atoms with E-state index in [4.69, 9.17) is 15.9 Å². The maximum Gasteiger partial charge on any atom is 0.124 e. The molecule has 3 N–H and O–H groups in total. The number of ether oxygens (including phenoxy) is 1. The molecule has 4 nitrogen and oxygen atoms in total. The zero-order valence-electron chi connectivity index (χ0n) is 13.4. The van der Waals surface area contributed by atoms with Crippen molar-refractivity contribution in [2.75, 3.05) is 25.1 Å². The lowest BCUT2D eigenvalue weighted by Gasteiger charge is -2.42. The van der Waals surface area contributed by atoms with Crippen LogP contribution in [0.4, 0.5) is 5.69 Å². The molecule has 1 aliphatic heterocycles. The molecule has 0 amide bonds. The van der Waals surface area contributed by atoms with Crippen LogP contribution in [0.1, 0.15) is 45.1 Å². The van der Waals surface area contributed by atoms with E-state index in [2.05, 4.69) is 18.7 Å². The van der Waals surface area contributed by atoms with E-state index < -0.39 is 0 Å². The summed E-state index contributed by atoms with van der Waals surface area (Å²) in [6, 6.07) is 5.76. The van der Waals surface area contributed by atoms with Gasteiger partial charge in [-0.25, -0.2) is 0 Å². The van der Waals surface area contributed by atoms with Gasteiger partial charge in [-0.3, -0.25) is 5.41 Å². The summed E-state index contributed by atoms with van der Waals surface area (Å²) in [5.74, 6) is 0.938. The van der Waals surface area contributed by atoms with Crippen molar-refractivity contribution in [3.63, 3.8) is 0 Å². The molecule has 1 fully saturated rings. The molecule has 0 radical (unpaired) electrons. The molecule has 0 unspecified atom stereocenters. The van der Waals surface area contributed by atoms with E-state index in [1.807, 2.05) is 18.2 Å². The van der Waals surface area contributed by atoms with Crippen LogP contribution in [-0.2, 0) is 0 Å².